The molecule has 0 aromatic carbocycles. The van der Waals surface area contributed by atoms with Gasteiger partial charge < -0.3 is 5.11 Å². The topological polar surface area (TPSA) is 26.7 Å². The van der Waals surface area contributed by atoms with Gasteiger partial charge in [0.05, 0.1) is 6.61 Å². The standard InChI is InChI=1S/C9H18N2O/c1-2-8-5-10-3-4-11(8)9(6-10)7-12/h8-9,12H,2-7H2,1H3. The summed E-state index contributed by atoms with van der Waals surface area (Å²) in [5, 5.41) is 9.16. The Labute approximate surface area is 74.0 Å². The van der Waals surface area contributed by atoms with Gasteiger partial charge in [0.1, 0.15) is 0 Å². The van der Waals surface area contributed by atoms with Crippen LogP contribution in [-0.4, -0.2) is 59.8 Å². The maximum Gasteiger partial charge on any atom is 0.0599 e. The van der Waals surface area contributed by atoms with E-state index in [2.05, 4.69) is 16.7 Å². The number of aliphatic hydroxyl groups excluding tert-OH is 1. The zero-order valence-corrected chi connectivity index (χ0v) is 7.74. The van der Waals surface area contributed by atoms with Crippen LogP contribution in [0.5, 0.6) is 0 Å². The van der Waals surface area contributed by atoms with Crippen molar-refractivity contribution in [2.24, 2.45) is 0 Å². The number of fused-ring (bicyclic) bond motifs is 3. The Hall–Kier alpha value is -0.120. The van der Waals surface area contributed by atoms with E-state index in [1.807, 2.05) is 0 Å². The van der Waals surface area contributed by atoms with E-state index in [1.54, 1.807) is 0 Å². The molecule has 4 unspecified atom stereocenters. The molecule has 1 N–H and O–H groups in total. The maximum atomic E-state index is 9.16. The summed E-state index contributed by atoms with van der Waals surface area (Å²) < 4.78 is 0. The third kappa shape index (κ3) is 1.26. The lowest BCUT2D eigenvalue weighted by Gasteiger charge is -2.51. The molecule has 3 aliphatic rings. The van der Waals surface area contributed by atoms with Gasteiger partial charge in [0.25, 0.3) is 0 Å². The molecular formula is C9H18N2O. The van der Waals surface area contributed by atoms with Gasteiger partial charge in [-0.1, -0.05) is 6.92 Å². The van der Waals surface area contributed by atoms with Gasteiger partial charge in [0, 0.05) is 38.3 Å². The van der Waals surface area contributed by atoms with E-state index in [1.165, 1.54) is 19.5 Å². The lowest BCUT2D eigenvalue weighted by atomic mass is 10.0. The summed E-state index contributed by atoms with van der Waals surface area (Å²) in [5.74, 6) is 0. The van der Waals surface area contributed by atoms with Crippen molar-refractivity contribution < 1.29 is 5.11 Å². The van der Waals surface area contributed by atoms with Crippen molar-refractivity contribution in [2.45, 2.75) is 25.4 Å². The monoisotopic (exact) mass is 170 g/mol. The van der Waals surface area contributed by atoms with Gasteiger partial charge >= 0.3 is 0 Å². The van der Waals surface area contributed by atoms with Gasteiger partial charge in [-0.05, 0) is 6.42 Å². The first-order chi connectivity index (χ1) is 5.85. The summed E-state index contributed by atoms with van der Waals surface area (Å²) in [5.41, 5.74) is 0. The number of aliphatic hydroxyl groups is 1. The Bertz CT molecular complexity index is 149. The number of nitrogens with zero attached hydrogens (tertiary/aromatic N) is 2. The second-order valence-corrected chi connectivity index (χ2v) is 3.90. The van der Waals surface area contributed by atoms with Crippen LogP contribution in [0.25, 0.3) is 0 Å². The molecule has 0 aromatic heterocycles. The molecular weight excluding hydrogens is 152 g/mol. The van der Waals surface area contributed by atoms with Crippen molar-refractivity contribution in [3.05, 3.63) is 0 Å². The van der Waals surface area contributed by atoms with E-state index >= 15 is 0 Å². The third-order valence-corrected chi connectivity index (χ3v) is 3.23. The zero-order valence-electron chi connectivity index (χ0n) is 7.74. The van der Waals surface area contributed by atoms with Gasteiger partial charge in [-0.15, -0.1) is 0 Å². The molecule has 12 heavy (non-hydrogen) atoms. The van der Waals surface area contributed by atoms with E-state index in [-0.39, 0.29) is 0 Å². The molecule has 3 rings (SSSR count). The number of hydrogen-bond acceptors (Lipinski definition) is 3. The largest absolute Gasteiger partial charge is 0.395 e. The summed E-state index contributed by atoms with van der Waals surface area (Å²) in [4.78, 5) is 4.97. The van der Waals surface area contributed by atoms with Gasteiger partial charge in [-0.2, -0.15) is 0 Å². The average molecular weight is 170 g/mol. The van der Waals surface area contributed by atoms with E-state index < -0.39 is 0 Å². The van der Waals surface area contributed by atoms with E-state index in [0.717, 1.165) is 13.1 Å². The highest BCUT2D eigenvalue weighted by molar-refractivity contribution is 4.93. The number of hydrogen-bond donors (Lipinski definition) is 1. The van der Waals surface area contributed by atoms with Gasteiger partial charge in [0.2, 0.25) is 0 Å². The molecule has 3 saturated heterocycles. The Kier molecular flexibility index (Phi) is 2.35. The van der Waals surface area contributed by atoms with Crippen molar-refractivity contribution in [2.75, 3.05) is 32.8 Å². The number of piperazine rings is 3. The maximum absolute atomic E-state index is 9.16. The summed E-state index contributed by atoms with van der Waals surface area (Å²) in [6, 6.07) is 1.11. The summed E-state index contributed by atoms with van der Waals surface area (Å²) in [6.07, 6.45) is 1.22. The minimum Gasteiger partial charge on any atom is -0.395 e. The molecule has 0 saturated carbocycles. The fourth-order valence-electron chi connectivity index (χ4n) is 2.51. The quantitative estimate of drug-likeness (QED) is 0.619. The predicted octanol–water partition coefficient (Wildman–Crippen LogP) is -0.243. The first-order valence-corrected chi connectivity index (χ1v) is 4.94. The summed E-state index contributed by atoms with van der Waals surface area (Å²) >= 11 is 0. The highest BCUT2D eigenvalue weighted by Gasteiger charge is 2.37. The van der Waals surface area contributed by atoms with Crippen LogP contribution >= 0.6 is 0 Å². The fraction of sp³-hybridized carbons (Fsp3) is 1.00. The minimum atomic E-state index is 0.326. The van der Waals surface area contributed by atoms with Crippen LogP contribution in [0.3, 0.4) is 0 Å². The molecule has 4 atom stereocenters. The molecule has 0 amide bonds. The van der Waals surface area contributed by atoms with E-state index in [9.17, 15) is 0 Å². The molecule has 0 aliphatic carbocycles. The van der Waals surface area contributed by atoms with Crippen LogP contribution in [0.1, 0.15) is 13.3 Å². The van der Waals surface area contributed by atoms with Crippen molar-refractivity contribution in [1.82, 2.24) is 9.80 Å². The van der Waals surface area contributed by atoms with Crippen LogP contribution in [0, 0.1) is 0 Å². The third-order valence-electron chi connectivity index (χ3n) is 3.23. The van der Waals surface area contributed by atoms with Crippen molar-refractivity contribution in [3.63, 3.8) is 0 Å². The molecule has 70 valence electrons. The molecule has 3 heteroatoms. The van der Waals surface area contributed by atoms with E-state index in [4.69, 9.17) is 5.11 Å². The van der Waals surface area contributed by atoms with Crippen molar-refractivity contribution in [3.8, 4) is 0 Å². The summed E-state index contributed by atoms with van der Waals surface area (Å²) in [7, 11) is 0. The molecule has 3 aliphatic heterocycles. The van der Waals surface area contributed by atoms with Gasteiger partial charge in [-0.25, -0.2) is 0 Å². The predicted molar refractivity (Wildman–Crippen MR) is 48.1 cm³/mol. The lowest BCUT2D eigenvalue weighted by molar-refractivity contribution is -0.0516. The first kappa shape index (κ1) is 8.48. The number of rotatable bonds is 2. The molecule has 3 fully saturated rings. The second kappa shape index (κ2) is 3.32. The average Bonchev–Trinajstić information content (AvgIpc) is 2.18. The first-order valence-electron chi connectivity index (χ1n) is 4.94. The lowest BCUT2D eigenvalue weighted by Crippen LogP contribution is -2.66. The van der Waals surface area contributed by atoms with Gasteiger partial charge in [-0.3, -0.25) is 9.80 Å². The highest BCUT2D eigenvalue weighted by atomic mass is 16.3. The van der Waals surface area contributed by atoms with Crippen LogP contribution in [0.4, 0.5) is 0 Å². The van der Waals surface area contributed by atoms with E-state index in [0.29, 0.717) is 18.7 Å². The highest BCUT2D eigenvalue weighted by Crippen LogP contribution is 2.22. The normalized spacial score (nSPS) is 46.5. The van der Waals surface area contributed by atoms with Crippen LogP contribution in [0.2, 0.25) is 0 Å². The zero-order chi connectivity index (χ0) is 8.55. The van der Waals surface area contributed by atoms with Crippen molar-refractivity contribution >= 4 is 0 Å². The molecule has 0 spiro atoms. The Morgan fingerprint density at radius 2 is 2.00 bits per heavy atom. The summed E-state index contributed by atoms with van der Waals surface area (Å²) in [6.45, 7) is 7.21. The molecule has 3 heterocycles. The molecule has 2 bridgehead atoms. The Balaban J connectivity index is 2.05. The second-order valence-electron chi connectivity index (χ2n) is 3.90. The SMILES string of the molecule is CCC1CN2CCN1C(CO)C2. The van der Waals surface area contributed by atoms with Crippen LogP contribution < -0.4 is 0 Å². The van der Waals surface area contributed by atoms with Crippen LogP contribution in [0.15, 0.2) is 0 Å². The van der Waals surface area contributed by atoms with Crippen LogP contribution in [-0.2, 0) is 0 Å². The molecule has 0 aromatic rings. The Morgan fingerprint density at radius 1 is 1.25 bits per heavy atom. The minimum absolute atomic E-state index is 0.326. The molecule has 0 radical (unpaired) electrons. The molecule has 3 nitrogen and oxygen atoms in total. The fourth-order valence-corrected chi connectivity index (χ4v) is 2.51. The smallest absolute Gasteiger partial charge is 0.0599 e. The Morgan fingerprint density at radius 3 is 2.58 bits per heavy atom. The van der Waals surface area contributed by atoms with Gasteiger partial charge in [0.15, 0.2) is 0 Å². The van der Waals surface area contributed by atoms with Crippen molar-refractivity contribution in [1.29, 1.82) is 0 Å².